The van der Waals surface area contributed by atoms with Gasteiger partial charge in [0.05, 0.1) is 18.2 Å². The maximum Gasteiger partial charge on any atom is 0.337 e. The van der Waals surface area contributed by atoms with Crippen LogP contribution in [0.5, 0.6) is 0 Å². The SMILES string of the molecule is COC(=O)c1cc(NC(=O)Cn2c3ccccc3c3ccccc32)cc(NC(=O)c2ccc3ccccc3n2)c1. The molecule has 6 aromatic rings. The molecule has 0 aliphatic carbocycles. The first-order valence-corrected chi connectivity index (χ1v) is 12.7. The maximum atomic E-state index is 13.3. The van der Waals surface area contributed by atoms with Crippen LogP contribution in [0.3, 0.4) is 0 Å². The van der Waals surface area contributed by atoms with Crippen LogP contribution in [0.15, 0.2) is 103 Å². The van der Waals surface area contributed by atoms with E-state index >= 15 is 0 Å². The molecule has 8 heteroatoms. The Morgan fingerprint density at radius 1 is 0.750 bits per heavy atom. The number of ether oxygens (including phenoxy) is 1. The molecule has 0 saturated carbocycles. The smallest absolute Gasteiger partial charge is 0.337 e. The number of rotatable bonds is 6. The van der Waals surface area contributed by atoms with E-state index in [0.29, 0.717) is 16.9 Å². The summed E-state index contributed by atoms with van der Waals surface area (Å²) >= 11 is 0. The van der Waals surface area contributed by atoms with Gasteiger partial charge in [-0.25, -0.2) is 9.78 Å². The molecule has 2 amide bonds. The fourth-order valence-corrected chi connectivity index (χ4v) is 4.91. The van der Waals surface area contributed by atoms with Crippen molar-refractivity contribution in [1.29, 1.82) is 0 Å². The van der Waals surface area contributed by atoms with E-state index in [0.717, 1.165) is 27.2 Å². The highest BCUT2D eigenvalue weighted by Crippen LogP contribution is 2.29. The van der Waals surface area contributed by atoms with Crippen molar-refractivity contribution in [3.8, 4) is 0 Å². The van der Waals surface area contributed by atoms with Crippen molar-refractivity contribution in [3.05, 3.63) is 114 Å². The Kier molecular flexibility index (Phi) is 6.41. The summed E-state index contributed by atoms with van der Waals surface area (Å²) in [5.41, 5.74) is 3.64. The van der Waals surface area contributed by atoms with E-state index in [1.165, 1.54) is 19.2 Å². The lowest BCUT2D eigenvalue weighted by molar-refractivity contribution is -0.116. The number of anilines is 2. The average Bonchev–Trinajstić information content (AvgIpc) is 3.29. The number of para-hydroxylation sites is 3. The molecule has 0 spiro atoms. The minimum absolute atomic E-state index is 0.0547. The number of carbonyl (C=O) groups excluding carboxylic acids is 3. The fourth-order valence-electron chi connectivity index (χ4n) is 4.91. The highest BCUT2D eigenvalue weighted by atomic mass is 16.5. The van der Waals surface area contributed by atoms with E-state index in [-0.39, 0.29) is 23.7 Å². The first-order chi connectivity index (χ1) is 19.5. The third-order valence-electron chi connectivity index (χ3n) is 6.71. The minimum Gasteiger partial charge on any atom is -0.465 e. The monoisotopic (exact) mass is 528 g/mol. The molecule has 0 fully saturated rings. The summed E-state index contributed by atoms with van der Waals surface area (Å²) in [7, 11) is 1.27. The molecular formula is C32H24N4O4. The van der Waals surface area contributed by atoms with Gasteiger partial charge in [-0.05, 0) is 42.5 Å². The molecule has 0 aliphatic heterocycles. The quantitative estimate of drug-likeness (QED) is 0.257. The van der Waals surface area contributed by atoms with Crippen LogP contribution in [0.1, 0.15) is 20.8 Å². The van der Waals surface area contributed by atoms with E-state index in [9.17, 15) is 14.4 Å². The van der Waals surface area contributed by atoms with Crippen molar-refractivity contribution >= 4 is 61.9 Å². The number of pyridine rings is 1. The van der Waals surface area contributed by atoms with Gasteiger partial charge in [0.25, 0.3) is 5.91 Å². The van der Waals surface area contributed by atoms with Crippen LogP contribution in [0.25, 0.3) is 32.7 Å². The summed E-state index contributed by atoms with van der Waals surface area (Å²) in [6.45, 7) is 0.0547. The zero-order chi connectivity index (χ0) is 27.6. The molecule has 0 radical (unpaired) electrons. The lowest BCUT2D eigenvalue weighted by atomic mass is 10.1. The number of amides is 2. The second-order valence-electron chi connectivity index (χ2n) is 9.30. The van der Waals surface area contributed by atoms with E-state index in [1.54, 1.807) is 12.1 Å². The lowest BCUT2D eigenvalue weighted by Gasteiger charge is -2.13. The number of fused-ring (bicyclic) bond motifs is 4. The maximum absolute atomic E-state index is 13.3. The lowest BCUT2D eigenvalue weighted by Crippen LogP contribution is -2.19. The molecule has 0 unspecified atom stereocenters. The highest BCUT2D eigenvalue weighted by Gasteiger charge is 2.16. The Hall–Kier alpha value is -5.50. The van der Waals surface area contributed by atoms with Gasteiger partial charge in [0.15, 0.2) is 0 Å². The van der Waals surface area contributed by atoms with Crippen LogP contribution in [0.2, 0.25) is 0 Å². The van der Waals surface area contributed by atoms with Crippen molar-refractivity contribution in [2.75, 3.05) is 17.7 Å². The normalized spacial score (nSPS) is 11.0. The number of hydrogen-bond donors (Lipinski definition) is 2. The Morgan fingerprint density at radius 3 is 2.08 bits per heavy atom. The second-order valence-corrected chi connectivity index (χ2v) is 9.30. The standard InChI is InChI=1S/C32H24N4O4/c1-40-32(39)21-16-22(18-23(17-21)34-31(38)27-15-14-20-8-2-5-11-26(20)35-27)33-30(37)19-36-28-12-6-3-9-24(28)25-10-4-7-13-29(25)36/h2-18H,19H2,1H3,(H,33,37)(H,34,38). The van der Waals surface area contributed by atoms with Crippen molar-refractivity contribution < 1.29 is 19.1 Å². The Labute approximate surface area is 229 Å². The van der Waals surface area contributed by atoms with Gasteiger partial charge in [-0.15, -0.1) is 0 Å². The topological polar surface area (TPSA) is 102 Å². The van der Waals surface area contributed by atoms with Gasteiger partial charge < -0.3 is 19.9 Å². The predicted octanol–water partition coefficient (Wildman–Crippen LogP) is 6.02. The van der Waals surface area contributed by atoms with Gasteiger partial charge in [0, 0.05) is 38.6 Å². The molecule has 0 atom stereocenters. The first kappa shape index (κ1) is 24.8. The van der Waals surface area contributed by atoms with Crippen molar-refractivity contribution in [2.45, 2.75) is 6.54 Å². The van der Waals surface area contributed by atoms with Gasteiger partial charge >= 0.3 is 5.97 Å². The van der Waals surface area contributed by atoms with Gasteiger partial charge in [-0.2, -0.15) is 0 Å². The summed E-state index contributed by atoms with van der Waals surface area (Å²) in [4.78, 5) is 43.1. The summed E-state index contributed by atoms with van der Waals surface area (Å²) in [6.07, 6.45) is 0. The number of esters is 1. The van der Waals surface area contributed by atoms with Crippen LogP contribution in [0.4, 0.5) is 11.4 Å². The van der Waals surface area contributed by atoms with Crippen LogP contribution in [-0.2, 0) is 16.1 Å². The van der Waals surface area contributed by atoms with E-state index in [1.807, 2.05) is 83.4 Å². The van der Waals surface area contributed by atoms with Crippen molar-refractivity contribution in [1.82, 2.24) is 9.55 Å². The molecule has 40 heavy (non-hydrogen) atoms. The molecule has 0 aliphatic rings. The molecule has 2 aromatic heterocycles. The number of hydrogen-bond acceptors (Lipinski definition) is 5. The number of carbonyl (C=O) groups is 3. The van der Waals surface area contributed by atoms with Gasteiger partial charge in [0.2, 0.25) is 5.91 Å². The molecule has 8 nitrogen and oxygen atoms in total. The molecule has 4 aromatic carbocycles. The van der Waals surface area contributed by atoms with Crippen LogP contribution >= 0.6 is 0 Å². The number of nitrogens with zero attached hydrogens (tertiary/aromatic N) is 2. The number of methoxy groups -OCH3 is 1. The Balaban J connectivity index is 1.28. The molecule has 196 valence electrons. The van der Waals surface area contributed by atoms with Crippen LogP contribution in [-0.4, -0.2) is 34.4 Å². The third kappa shape index (κ3) is 4.74. The third-order valence-corrected chi connectivity index (χ3v) is 6.71. The summed E-state index contributed by atoms with van der Waals surface area (Å²) in [5.74, 6) is -1.34. The van der Waals surface area contributed by atoms with Crippen molar-refractivity contribution in [2.24, 2.45) is 0 Å². The largest absolute Gasteiger partial charge is 0.465 e. The highest BCUT2D eigenvalue weighted by molar-refractivity contribution is 6.09. The van der Waals surface area contributed by atoms with Gasteiger partial charge in [-0.1, -0.05) is 60.7 Å². The van der Waals surface area contributed by atoms with Gasteiger partial charge in [0.1, 0.15) is 12.2 Å². The van der Waals surface area contributed by atoms with E-state index < -0.39 is 11.9 Å². The molecule has 2 N–H and O–H groups in total. The number of benzene rings is 4. The second kappa shape index (κ2) is 10.3. The van der Waals surface area contributed by atoms with E-state index in [4.69, 9.17) is 4.74 Å². The Morgan fingerprint density at radius 2 is 1.38 bits per heavy atom. The fraction of sp³-hybridized carbons (Fsp3) is 0.0625. The Bertz CT molecular complexity index is 1890. The average molecular weight is 529 g/mol. The van der Waals surface area contributed by atoms with Crippen LogP contribution in [0, 0.1) is 0 Å². The minimum atomic E-state index is -0.599. The summed E-state index contributed by atoms with van der Waals surface area (Å²) < 4.78 is 6.85. The molecule has 0 bridgehead atoms. The molecule has 2 heterocycles. The predicted molar refractivity (Wildman–Crippen MR) is 156 cm³/mol. The zero-order valence-electron chi connectivity index (χ0n) is 21.5. The summed E-state index contributed by atoms with van der Waals surface area (Å²) in [5, 5.41) is 8.69. The molecule has 0 saturated heterocycles. The van der Waals surface area contributed by atoms with Gasteiger partial charge in [-0.3, -0.25) is 9.59 Å². The summed E-state index contributed by atoms with van der Waals surface area (Å²) in [6, 6.07) is 31.4. The zero-order valence-corrected chi connectivity index (χ0v) is 21.5. The van der Waals surface area contributed by atoms with E-state index in [2.05, 4.69) is 15.6 Å². The van der Waals surface area contributed by atoms with Crippen molar-refractivity contribution in [3.63, 3.8) is 0 Å². The number of nitrogens with one attached hydrogen (secondary N) is 2. The number of aromatic nitrogens is 2. The van der Waals surface area contributed by atoms with Crippen LogP contribution < -0.4 is 10.6 Å². The molecule has 6 rings (SSSR count). The molecular weight excluding hydrogens is 504 g/mol. The first-order valence-electron chi connectivity index (χ1n) is 12.7.